The van der Waals surface area contributed by atoms with Crippen LogP contribution in [0, 0.1) is 5.92 Å². The number of phenols is 1. The number of benzene rings is 1. The highest BCUT2D eigenvalue weighted by atomic mass is 16.4. The number of carbonyl (C=O) groups is 1. The van der Waals surface area contributed by atoms with Gasteiger partial charge in [0.15, 0.2) is 0 Å². The number of piperidine rings is 1. The predicted octanol–water partition coefficient (Wildman–Crippen LogP) is 4.64. The number of nitrogens with one attached hydrogen (secondary N) is 1. The molecule has 26 heavy (non-hydrogen) atoms. The van der Waals surface area contributed by atoms with Crippen LogP contribution in [-0.2, 0) is 16.6 Å². The average Bonchev–Trinajstić information content (AvgIpc) is 2.62. The molecule has 1 aromatic carbocycles. The summed E-state index contributed by atoms with van der Waals surface area (Å²) in [4.78, 5) is 9.37. The molecule has 1 heterocycles. The number of hydrogen-bond donors (Lipinski definition) is 3. The van der Waals surface area contributed by atoms with E-state index in [1.165, 1.54) is 44.1 Å². The maximum Gasteiger partial charge on any atom is 0.303 e. The number of carboxylic acids is 1. The Morgan fingerprint density at radius 3 is 2.62 bits per heavy atom. The summed E-state index contributed by atoms with van der Waals surface area (Å²) in [5.41, 5.74) is 3.29. The molecule has 1 aromatic rings. The first kappa shape index (κ1) is 20.8. The van der Waals surface area contributed by atoms with Gasteiger partial charge in [-0.2, -0.15) is 0 Å². The van der Waals surface area contributed by atoms with E-state index in [0.717, 1.165) is 18.9 Å². The molecule has 3 atom stereocenters. The quantitative estimate of drug-likeness (QED) is 0.715. The van der Waals surface area contributed by atoms with Gasteiger partial charge in [0.25, 0.3) is 0 Å². The number of aromatic hydroxyl groups is 1. The molecule has 3 N–H and O–H groups in total. The Balaban J connectivity index is 0.000000431. The van der Waals surface area contributed by atoms with Crippen molar-refractivity contribution >= 4 is 5.97 Å². The number of aliphatic carboxylic acids is 1. The zero-order valence-electron chi connectivity index (χ0n) is 16.6. The van der Waals surface area contributed by atoms with Crippen LogP contribution in [0.5, 0.6) is 5.75 Å². The van der Waals surface area contributed by atoms with Crippen molar-refractivity contribution < 1.29 is 15.0 Å². The zero-order chi connectivity index (χ0) is 19.2. The third kappa shape index (κ3) is 4.40. The lowest BCUT2D eigenvalue weighted by molar-refractivity contribution is -0.136. The summed E-state index contributed by atoms with van der Waals surface area (Å²) in [6, 6.07) is 6.81. The van der Waals surface area contributed by atoms with Crippen molar-refractivity contribution in [3.63, 3.8) is 0 Å². The maximum absolute atomic E-state index is 9.82. The van der Waals surface area contributed by atoms with E-state index in [4.69, 9.17) is 5.11 Å². The number of fused-ring (bicyclic) bond motifs is 3. The molecule has 146 valence electrons. The number of phenolic OH excluding ortho intramolecular Hbond substituents is 1. The lowest BCUT2D eigenvalue weighted by Gasteiger charge is -2.53. The summed E-state index contributed by atoms with van der Waals surface area (Å²) in [6.07, 6.45) is 8.97. The molecule has 1 aliphatic carbocycles. The van der Waals surface area contributed by atoms with E-state index in [0.29, 0.717) is 17.2 Å². The van der Waals surface area contributed by atoms with Crippen LogP contribution in [0.15, 0.2) is 18.2 Å². The first-order valence-electron chi connectivity index (χ1n) is 10.3. The highest BCUT2D eigenvalue weighted by Gasteiger charge is 2.48. The molecule has 2 aliphatic rings. The van der Waals surface area contributed by atoms with E-state index in [2.05, 4.69) is 25.2 Å². The minimum atomic E-state index is -0.745. The van der Waals surface area contributed by atoms with Crippen LogP contribution in [0.4, 0.5) is 0 Å². The molecule has 1 aliphatic heterocycles. The Kier molecular flexibility index (Phi) is 7.51. The van der Waals surface area contributed by atoms with Crippen LogP contribution in [0.2, 0.25) is 0 Å². The normalized spacial score (nSPS) is 26.9. The summed E-state index contributed by atoms with van der Waals surface area (Å²) in [7, 11) is 0. The van der Waals surface area contributed by atoms with Crippen molar-refractivity contribution in [2.75, 3.05) is 6.54 Å². The van der Waals surface area contributed by atoms with Crippen molar-refractivity contribution in [1.82, 2.24) is 5.32 Å². The first-order chi connectivity index (χ1) is 12.5. The largest absolute Gasteiger partial charge is 0.508 e. The Hall–Kier alpha value is -1.55. The fourth-order valence-corrected chi connectivity index (χ4v) is 5.09. The molecule has 0 bridgehead atoms. The zero-order valence-corrected chi connectivity index (χ0v) is 16.6. The number of rotatable bonds is 5. The van der Waals surface area contributed by atoms with E-state index in [1.54, 1.807) is 12.5 Å². The summed E-state index contributed by atoms with van der Waals surface area (Å²) in [5, 5.41) is 21.3. The third-order valence-electron chi connectivity index (χ3n) is 6.12. The first-order valence-corrected chi connectivity index (χ1v) is 10.3. The maximum atomic E-state index is 9.82. The molecule has 0 saturated carbocycles. The summed E-state index contributed by atoms with van der Waals surface area (Å²) in [5.74, 6) is 0.450. The second-order valence-corrected chi connectivity index (χ2v) is 7.74. The van der Waals surface area contributed by atoms with Crippen molar-refractivity contribution in [3.8, 4) is 5.75 Å². The van der Waals surface area contributed by atoms with Gasteiger partial charge < -0.3 is 15.5 Å². The van der Waals surface area contributed by atoms with Gasteiger partial charge >= 0.3 is 5.97 Å². The highest BCUT2D eigenvalue weighted by molar-refractivity contribution is 5.66. The molecular formula is C22H35NO3. The second-order valence-electron chi connectivity index (χ2n) is 7.74. The van der Waals surface area contributed by atoms with E-state index in [1.807, 2.05) is 12.1 Å². The second kappa shape index (κ2) is 9.40. The molecule has 0 amide bonds. The Labute approximate surface area is 158 Å². The van der Waals surface area contributed by atoms with Gasteiger partial charge in [-0.15, -0.1) is 0 Å². The van der Waals surface area contributed by atoms with Crippen LogP contribution in [0.1, 0.15) is 76.8 Å². The minimum absolute atomic E-state index is 0.222. The molecule has 0 spiro atoms. The Morgan fingerprint density at radius 1 is 1.27 bits per heavy atom. The lowest BCUT2D eigenvalue weighted by Crippen LogP contribution is -2.56. The van der Waals surface area contributed by atoms with Crippen LogP contribution in [0.3, 0.4) is 0 Å². The molecule has 4 heteroatoms. The smallest absolute Gasteiger partial charge is 0.303 e. The SMILES string of the molecule is CCC(=O)O.CCCC1NCCC2(CCC)c3ccc(O)cc3CCC12. The molecule has 0 radical (unpaired) electrons. The molecule has 3 unspecified atom stereocenters. The van der Waals surface area contributed by atoms with Crippen LogP contribution in [-0.4, -0.2) is 28.8 Å². The number of aryl methyl sites for hydroxylation is 1. The van der Waals surface area contributed by atoms with E-state index >= 15 is 0 Å². The molecular weight excluding hydrogens is 326 g/mol. The lowest BCUT2D eigenvalue weighted by atomic mass is 9.55. The van der Waals surface area contributed by atoms with Gasteiger partial charge in [0.05, 0.1) is 0 Å². The topological polar surface area (TPSA) is 69.6 Å². The molecule has 0 aromatic heterocycles. The fourth-order valence-electron chi connectivity index (χ4n) is 5.09. The van der Waals surface area contributed by atoms with Crippen molar-refractivity contribution in [1.29, 1.82) is 0 Å². The number of hydrogen-bond acceptors (Lipinski definition) is 3. The molecule has 4 nitrogen and oxygen atoms in total. The van der Waals surface area contributed by atoms with E-state index < -0.39 is 5.97 Å². The van der Waals surface area contributed by atoms with Gasteiger partial charge in [0, 0.05) is 17.9 Å². The van der Waals surface area contributed by atoms with Gasteiger partial charge in [-0.25, -0.2) is 0 Å². The van der Waals surface area contributed by atoms with E-state index in [9.17, 15) is 9.90 Å². The number of carboxylic acid groups (broad SMARTS) is 1. The van der Waals surface area contributed by atoms with Crippen LogP contribution < -0.4 is 5.32 Å². The average molecular weight is 362 g/mol. The van der Waals surface area contributed by atoms with Crippen molar-refractivity contribution in [2.45, 2.75) is 83.6 Å². The van der Waals surface area contributed by atoms with Gasteiger partial charge in [-0.1, -0.05) is 39.7 Å². The van der Waals surface area contributed by atoms with Gasteiger partial charge in [-0.3, -0.25) is 4.79 Å². The summed E-state index contributed by atoms with van der Waals surface area (Å²) in [6.45, 7) is 7.35. The Morgan fingerprint density at radius 2 is 2.00 bits per heavy atom. The van der Waals surface area contributed by atoms with Crippen LogP contribution in [0.25, 0.3) is 0 Å². The third-order valence-corrected chi connectivity index (χ3v) is 6.12. The van der Waals surface area contributed by atoms with Gasteiger partial charge in [-0.05, 0) is 67.8 Å². The standard InChI is InChI=1S/C19H29NO.C3H6O2/c1-3-5-18-17-8-6-14-13-15(21)7-9-16(14)19(17,10-4-2)11-12-20-18;1-2-3(4)5/h7,9,13,17-18,20-21H,3-6,8,10-12H2,1-2H3;2H2,1H3,(H,4,5). The van der Waals surface area contributed by atoms with Crippen LogP contribution >= 0.6 is 0 Å². The predicted molar refractivity (Wildman–Crippen MR) is 106 cm³/mol. The monoisotopic (exact) mass is 361 g/mol. The minimum Gasteiger partial charge on any atom is -0.508 e. The fraction of sp³-hybridized carbons (Fsp3) is 0.682. The molecule has 1 saturated heterocycles. The van der Waals surface area contributed by atoms with Crippen molar-refractivity contribution in [3.05, 3.63) is 29.3 Å². The van der Waals surface area contributed by atoms with Crippen molar-refractivity contribution in [2.24, 2.45) is 5.92 Å². The molecule has 1 fully saturated rings. The van der Waals surface area contributed by atoms with Gasteiger partial charge in [0.2, 0.25) is 0 Å². The van der Waals surface area contributed by atoms with Gasteiger partial charge in [0.1, 0.15) is 5.75 Å². The molecule has 3 rings (SSSR count). The summed E-state index contributed by atoms with van der Waals surface area (Å²) < 4.78 is 0. The van der Waals surface area contributed by atoms with E-state index in [-0.39, 0.29) is 6.42 Å². The summed E-state index contributed by atoms with van der Waals surface area (Å²) >= 11 is 0. The highest BCUT2D eigenvalue weighted by Crippen LogP contribution is 2.51. The Bertz CT molecular complexity index is 595.